The van der Waals surface area contributed by atoms with E-state index in [9.17, 15) is 4.79 Å². The number of carboxylic acids is 1. The van der Waals surface area contributed by atoms with E-state index in [1.54, 1.807) is 16.8 Å². The Balaban J connectivity index is 1.84. The summed E-state index contributed by atoms with van der Waals surface area (Å²) in [5, 5.41) is 9.04. The molecule has 0 amide bonds. The minimum absolute atomic E-state index is 0.300. The number of hydrogen-bond acceptors (Lipinski definition) is 2. The predicted octanol–water partition coefficient (Wildman–Crippen LogP) is 3.30. The summed E-state index contributed by atoms with van der Waals surface area (Å²) < 4.78 is 8.31. The number of carbonyl (C=O) groups is 1. The molecule has 1 saturated carbocycles. The average Bonchev–Trinajstić information content (AvgIpc) is 2.72. The summed E-state index contributed by atoms with van der Waals surface area (Å²) >= 11 is 3.29. The zero-order valence-corrected chi connectivity index (χ0v) is 11.9. The first kappa shape index (κ1) is 13.6. The van der Waals surface area contributed by atoms with Gasteiger partial charge in [0.15, 0.2) is 0 Å². The first-order valence-electron chi connectivity index (χ1n) is 6.37. The summed E-state index contributed by atoms with van der Waals surface area (Å²) in [6.45, 7) is 1.16. The van der Waals surface area contributed by atoms with E-state index in [1.807, 2.05) is 0 Å². The lowest BCUT2D eigenvalue weighted by Gasteiger charge is -2.22. The van der Waals surface area contributed by atoms with Crippen LogP contribution in [0.2, 0.25) is 0 Å². The van der Waals surface area contributed by atoms with Crippen molar-refractivity contribution in [2.75, 3.05) is 6.61 Å². The Morgan fingerprint density at radius 3 is 2.83 bits per heavy atom. The zero-order chi connectivity index (χ0) is 13.0. The van der Waals surface area contributed by atoms with Crippen LogP contribution in [0.25, 0.3) is 0 Å². The largest absolute Gasteiger partial charge is 0.477 e. The van der Waals surface area contributed by atoms with Gasteiger partial charge in [0.25, 0.3) is 0 Å². The van der Waals surface area contributed by atoms with Gasteiger partial charge in [-0.25, -0.2) is 4.79 Å². The van der Waals surface area contributed by atoms with Crippen molar-refractivity contribution < 1.29 is 14.6 Å². The van der Waals surface area contributed by atoms with Gasteiger partial charge in [-0.1, -0.05) is 19.3 Å². The number of halogens is 1. The van der Waals surface area contributed by atoms with E-state index in [-0.39, 0.29) is 0 Å². The van der Waals surface area contributed by atoms with Crippen molar-refractivity contribution in [2.24, 2.45) is 0 Å². The monoisotopic (exact) mass is 315 g/mol. The number of aromatic carboxylic acids is 1. The molecule has 1 aromatic rings. The second-order valence-electron chi connectivity index (χ2n) is 4.67. The van der Waals surface area contributed by atoms with Crippen molar-refractivity contribution in [1.82, 2.24) is 4.57 Å². The molecular formula is C13H18BrNO3. The molecule has 1 N–H and O–H groups in total. The number of hydrogen-bond donors (Lipinski definition) is 1. The van der Waals surface area contributed by atoms with Gasteiger partial charge in [0, 0.05) is 17.2 Å². The lowest BCUT2D eigenvalue weighted by atomic mass is 9.98. The Morgan fingerprint density at radius 1 is 1.44 bits per heavy atom. The highest BCUT2D eigenvalue weighted by atomic mass is 79.9. The molecule has 0 bridgehead atoms. The molecule has 0 saturated heterocycles. The molecule has 1 aliphatic rings. The summed E-state index contributed by atoms with van der Waals surface area (Å²) in [5.41, 5.74) is 0.300. The summed E-state index contributed by atoms with van der Waals surface area (Å²) in [6.07, 6.45) is 8.25. The summed E-state index contributed by atoms with van der Waals surface area (Å²) in [4.78, 5) is 11.0. The molecule has 1 fully saturated rings. The SMILES string of the molecule is O=C(O)c1cc(Br)cn1CCOC1CCCCC1. The van der Waals surface area contributed by atoms with Crippen molar-refractivity contribution in [3.8, 4) is 0 Å². The van der Waals surface area contributed by atoms with Crippen molar-refractivity contribution >= 4 is 21.9 Å². The van der Waals surface area contributed by atoms with Crippen LogP contribution in [0.1, 0.15) is 42.6 Å². The molecule has 0 aliphatic heterocycles. The molecule has 0 unspecified atom stereocenters. The van der Waals surface area contributed by atoms with Gasteiger partial charge < -0.3 is 14.4 Å². The molecule has 1 heterocycles. The van der Waals surface area contributed by atoms with E-state index in [0.717, 1.165) is 17.3 Å². The van der Waals surface area contributed by atoms with Gasteiger partial charge in [0.1, 0.15) is 5.69 Å². The minimum atomic E-state index is -0.904. The maximum Gasteiger partial charge on any atom is 0.352 e. The van der Waals surface area contributed by atoms with Crippen molar-refractivity contribution in [3.63, 3.8) is 0 Å². The van der Waals surface area contributed by atoms with Gasteiger partial charge in [-0.3, -0.25) is 0 Å². The van der Waals surface area contributed by atoms with E-state index in [4.69, 9.17) is 9.84 Å². The molecule has 0 atom stereocenters. The maximum atomic E-state index is 11.0. The second kappa shape index (κ2) is 6.38. The van der Waals surface area contributed by atoms with Crippen LogP contribution in [0.3, 0.4) is 0 Å². The zero-order valence-electron chi connectivity index (χ0n) is 10.3. The number of ether oxygens (including phenoxy) is 1. The van der Waals surface area contributed by atoms with E-state index in [2.05, 4.69) is 15.9 Å². The van der Waals surface area contributed by atoms with E-state index in [1.165, 1.54) is 19.3 Å². The van der Waals surface area contributed by atoms with Crippen molar-refractivity contribution in [2.45, 2.75) is 44.8 Å². The quantitative estimate of drug-likeness (QED) is 0.907. The van der Waals surface area contributed by atoms with E-state index in [0.29, 0.717) is 24.9 Å². The van der Waals surface area contributed by atoms with Crippen LogP contribution in [0, 0.1) is 0 Å². The molecule has 2 rings (SSSR count). The molecule has 100 valence electrons. The molecule has 0 spiro atoms. The highest BCUT2D eigenvalue weighted by Gasteiger charge is 2.15. The minimum Gasteiger partial charge on any atom is -0.477 e. The fourth-order valence-corrected chi connectivity index (χ4v) is 2.85. The molecule has 0 aromatic carbocycles. The lowest BCUT2D eigenvalue weighted by molar-refractivity contribution is 0.0236. The van der Waals surface area contributed by atoms with Crippen LogP contribution >= 0.6 is 15.9 Å². The van der Waals surface area contributed by atoms with Crippen molar-refractivity contribution in [3.05, 3.63) is 22.4 Å². The van der Waals surface area contributed by atoms with Crippen LogP contribution in [0.4, 0.5) is 0 Å². The van der Waals surface area contributed by atoms with Gasteiger partial charge in [-0.2, -0.15) is 0 Å². The second-order valence-corrected chi connectivity index (χ2v) is 5.59. The normalized spacial score (nSPS) is 16.9. The van der Waals surface area contributed by atoms with E-state index >= 15 is 0 Å². The lowest BCUT2D eigenvalue weighted by Crippen LogP contribution is -2.20. The molecule has 1 aliphatic carbocycles. The Bertz CT molecular complexity index is 410. The Kier molecular flexibility index (Phi) is 4.83. The molecule has 18 heavy (non-hydrogen) atoms. The van der Waals surface area contributed by atoms with Crippen LogP contribution in [0.5, 0.6) is 0 Å². The molecule has 1 aromatic heterocycles. The number of carboxylic acid groups (broad SMARTS) is 1. The van der Waals surface area contributed by atoms with Crippen LogP contribution in [-0.4, -0.2) is 28.4 Å². The number of aromatic nitrogens is 1. The fraction of sp³-hybridized carbons (Fsp3) is 0.615. The number of rotatable bonds is 5. The average molecular weight is 316 g/mol. The van der Waals surface area contributed by atoms with Gasteiger partial charge in [0.05, 0.1) is 12.7 Å². The molecular weight excluding hydrogens is 298 g/mol. The van der Waals surface area contributed by atoms with Crippen LogP contribution in [0.15, 0.2) is 16.7 Å². The highest BCUT2D eigenvalue weighted by Crippen LogP contribution is 2.20. The van der Waals surface area contributed by atoms with Gasteiger partial charge in [-0.15, -0.1) is 0 Å². The van der Waals surface area contributed by atoms with Gasteiger partial charge in [-0.05, 0) is 34.8 Å². The van der Waals surface area contributed by atoms with E-state index < -0.39 is 5.97 Å². The summed E-state index contributed by atoms with van der Waals surface area (Å²) in [6, 6.07) is 1.61. The Hall–Kier alpha value is -0.810. The standard InChI is InChI=1S/C13H18BrNO3/c14-10-8-12(13(16)17)15(9-10)6-7-18-11-4-2-1-3-5-11/h8-9,11H,1-7H2,(H,16,17). The Labute approximate surface area is 115 Å². The Morgan fingerprint density at radius 2 is 2.17 bits per heavy atom. The smallest absolute Gasteiger partial charge is 0.352 e. The first-order valence-corrected chi connectivity index (χ1v) is 7.16. The first-order chi connectivity index (χ1) is 8.66. The van der Waals surface area contributed by atoms with Gasteiger partial charge in [0.2, 0.25) is 0 Å². The molecule has 0 radical (unpaired) electrons. The predicted molar refractivity (Wildman–Crippen MR) is 71.9 cm³/mol. The van der Waals surface area contributed by atoms with Crippen LogP contribution < -0.4 is 0 Å². The topological polar surface area (TPSA) is 51.5 Å². The fourth-order valence-electron chi connectivity index (χ4n) is 2.39. The summed E-state index contributed by atoms with van der Waals surface area (Å²) in [5.74, 6) is -0.904. The van der Waals surface area contributed by atoms with Crippen LogP contribution in [-0.2, 0) is 11.3 Å². The number of nitrogens with zero attached hydrogens (tertiary/aromatic N) is 1. The highest BCUT2D eigenvalue weighted by molar-refractivity contribution is 9.10. The third kappa shape index (κ3) is 3.59. The van der Waals surface area contributed by atoms with Crippen molar-refractivity contribution in [1.29, 1.82) is 0 Å². The third-order valence-corrected chi connectivity index (χ3v) is 3.75. The summed E-state index contributed by atoms with van der Waals surface area (Å²) in [7, 11) is 0. The third-order valence-electron chi connectivity index (χ3n) is 3.32. The van der Waals surface area contributed by atoms with Gasteiger partial charge >= 0.3 is 5.97 Å². The molecule has 5 heteroatoms. The maximum absolute atomic E-state index is 11.0. The molecule has 4 nitrogen and oxygen atoms in total.